The van der Waals surface area contributed by atoms with E-state index in [-0.39, 0.29) is 11.3 Å². The molecule has 0 unspecified atom stereocenters. The lowest BCUT2D eigenvalue weighted by Crippen LogP contribution is -2.15. The molecule has 0 bridgehead atoms. The molecule has 10 nitrogen and oxygen atoms in total. The first-order valence-corrected chi connectivity index (χ1v) is 11.2. The molecule has 4 heterocycles. The van der Waals surface area contributed by atoms with E-state index in [0.717, 1.165) is 0 Å². The molecule has 6 rings (SSSR count). The molecular formula is C25H16ClN7O3. The number of hydrogen-bond acceptors (Lipinski definition) is 6. The van der Waals surface area contributed by atoms with E-state index in [1.54, 1.807) is 71.6 Å². The molecule has 2 N–H and O–H groups in total. The van der Waals surface area contributed by atoms with Gasteiger partial charge < -0.3 is 14.7 Å². The van der Waals surface area contributed by atoms with Gasteiger partial charge in [-0.05, 0) is 42.5 Å². The van der Waals surface area contributed by atoms with Gasteiger partial charge in [0.1, 0.15) is 11.1 Å². The summed E-state index contributed by atoms with van der Waals surface area (Å²) in [5, 5.41) is 12.6. The number of aromatic amines is 1. The van der Waals surface area contributed by atoms with Crippen molar-refractivity contribution in [3.63, 3.8) is 0 Å². The summed E-state index contributed by atoms with van der Waals surface area (Å²) in [7, 11) is 0. The summed E-state index contributed by atoms with van der Waals surface area (Å²) in [4.78, 5) is 32.2. The van der Waals surface area contributed by atoms with E-state index in [2.05, 4.69) is 25.5 Å². The zero-order valence-corrected chi connectivity index (χ0v) is 19.2. The Morgan fingerprint density at radius 3 is 2.75 bits per heavy atom. The third-order valence-electron chi connectivity index (χ3n) is 5.52. The van der Waals surface area contributed by atoms with Crippen molar-refractivity contribution in [3.05, 3.63) is 107 Å². The fourth-order valence-electron chi connectivity index (χ4n) is 3.88. The summed E-state index contributed by atoms with van der Waals surface area (Å²) < 4.78 is 8.67. The van der Waals surface area contributed by atoms with Crippen LogP contribution in [0.1, 0.15) is 10.5 Å². The lowest BCUT2D eigenvalue weighted by Gasteiger charge is -2.10. The average molecular weight is 498 g/mol. The largest absolute Gasteiger partial charge is 0.463 e. The molecule has 11 heteroatoms. The maximum absolute atomic E-state index is 13.3. The summed E-state index contributed by atoms with van der Waals surface area (Å²) in [6.07, 6.45) is 4.29. The number of furan rings is 1. The number of nitrogens with one attached hydrogen (secondary N) is 2. The lowest BCUT2D eigenvalue weighted by molar-refractivity contribution is 0.102. The van der Waals surface area contributed by atoms with Gasteiger partial charge in [-0.2, -0.15) is 10.2 Å². The van der Waals surface area contributed by atoms with Gasteiger partial charge in [-0.1, -0.05) is 29.8 Å². The van der Waals surface area contributed by atoms with Crippen LogP contribution in [0.25, 0.3) is 33.9 Å². The van der Waals surface area contributed by atoms with Gasteiger partial charge in [0, 0.05) is 11.1 Å². The number of fused-ring (bicyclic) bond motifs is 1. The number of hydrogen-bond donors (Lipinski definition) is 2. The molecule has 36 heavy (non-hydrogen) atoms. The highest BCUT2D eigenvalue weighted by Crippen LogP contribution is 2.27. The first kappa shape index (κ1) is 21.6. The minimum Gasteiger partial charge on any atom is -0.463 e. The highest BCUT2D eigenvalue weighted by Gasteiger charge is 2.20. The predicted molar refractivity (Wildman–Crippen MR) is 134 cm³/mol. The van der Waals surface area contributed by atoms with E-state index >= 15 is 0 Å². The van der Waals surface area contributed by atoms with Crippen LogP contribution in [0.3, 0.4) is 0 Å². The molecule has 4 aromatic heterocycles. The van der Waals surface area contributed by atoms with Gasteiger partial charge in [0.25, 0.3) is 11.5 Å². The van der Waals surface area contributed by atoms with Crippen LogP contribution in [0.15, 0.2) is 94.7 Å². The Hall–Kier alpha value is -4.96. The Labute approximate surface area is 207 Å². The summed E-state index contributed by atoms with van der Waals surface area (Å²) in [5.41, 5.74) is 2.49. The normalized spacial score (nSPS) is 11.1. The summed E-state index contributed by atoms with van der Waals surface area (Å²) >= 11 is 6.19. The molecule has 6 aromatic rings. The molecule has 0 spiro atoms. The number of amides is 1. The predicted octanol–water partition coefficient (Wildman–Crippen LogP) is 4.46. The maximum Gasteiger partial charge on any atom is 0.276 e. The van der Waals surface area contributed by atoms with E-state index in [9.17, 15) is 9.59 Å². The monoisotopic (exact) mass is 497 g/mol. The van der Waals surface area contributed by atoms with Crippen molar-refractivity contribution in [2.75, 3.05) is 5.32 Å². The highest BCUT2D eigenvalue weighted by molar-refractivity contribution is 6.30. The van der Waals surface area contributed by atoms with Crippen molar-refractivity contribution in [1.82, 2.24) is 29.5 Å². The molecule has 0 aliphatic heterocycles. The summed E-state index contributed by atoms with van der Waals surface area (Å²) in [6, 6.07) is 19.4. The van der Waals surface area contributed by atoms with Crippen LogP contribution in [-0.4, -0.2) is 35.4 Å². The number of H-pyrrole nitrogens is 1. The molecule has 176 valence electrons. The molecule has 1 amide bonds. The second kappa shape index (κ2) is 8.67. The van der Waals surface area contributed by atoms with Gasteiger partial charge in [0.05, 0.1) is 35.8 Å². The Kier molecular flexibility index (Phi) is 5.20. The maximum atomic E-state index is 13.3. The zero-order chi connectivity index (χ0) is 24.6. The number of halogens is 1. The highest BCUT2D eigenvalue weighted by atomic mass is 35.5. The van der Waals surface area contributed by atoms with Crippen LogP contribution in [-0.2, 0) is 0 Å². The summed E-state index contributed by atoms with van der Waals surface area (Å²) in [6.45, 7) is 0. The smallest absolute Gasteiger partial charge is 0.276 e. The van der Waals surface area contributed by atoms with Crippen molar-refractivity contribution >= 4 is 34.2 Å². The second-order valence-corrected chi connectivity index (χ2v) is 8.22. The molecule has 0 aliphatic carbocycles. The topological polar surface area (TPSA) is 124 Å². The molecule has 0 atom stereocenters. The van der Waals surface area contributed by atoms with Crippen molar-refractivity contribution < 1.29 is 9.21 Å². The molecule has 0 saturated heterocycles. The van der Waals surface area contributed by atoms with E-state index in [0.29, 0.717) is 44.6 Å². The number of carbonyl (C=O) groups is 1. The zero-order valence-electron chi connectivity index (χ0n) is 18.4. The minimum absolute atomic E-state index is 0.163. The van der Waals surface area contributed by atoms with Gasteiger partial charge in [-0.3, -0.25) is 9.59 Å². The van der Waals surface area contributed by atoms with E-state index in [4.69, 9.17) is 16.0 Å². The number of para-hydroxylation sites is 2. The van der Waals surface area contributed by atoms with Crippen molar-refractivity contribution in [2.24, 2.45) is 0 Å². The van der Waals surface area contributed by atoms with Crippen molar-refractivity contribution in [1.29, 1.82) is 0 Å². The first-order chi connectivity index (χ1) is 17.6. The lowest BCUT2D eigenvalue weighted by atomic mass is 10.2. The Balaban J connectivity index is 1.40. The third kappa shape index (κ3) is 3.75. The number of aromatic nitrogens is 6. The average Bonchev–Trinajstić information content (AvgIpc) is 3.64. The van der Waals surface area contributed by atoms with Gasteiger partial charge >= 0.3 is 0 Å². The number of benzene rings is 2. The Bertz CT molecular complexity index is 1780. The minimum atomic E-state index is -0.446. The van der Waals surface area contributed by atoms with E-state index in [1.165, 1.54) is 17.2 Å². The third-order valence-corrected chi connectivity index (χ3v) is 5.75. The fraction of sp³-hybridized carbons (Fsp3) is 0. The van der Waals surface area contributed by atoms with Crippen molar-refractivity contribution in [2.45, 2.75) is 0 Å². The van der Waals surface area contributed by atoms with Gasteiger partial charge in [0.2, 0.25) is 0 Å². The summed E-state index contributed by atoms with van der Waals surface area (Å²) in [5.74, 6) is 0.0968. The van der Waals surface area contributed by atoms with E-state index < -0.39 is 5.91 Å². The van der Waals surface area contributed by atoms with Gasteiger partial charge in [-0.15, -0.1) is 0 Å². The van der Waals surface area contributed by atoms with Crippen LogP contribution in [0, 0.1) is 0 Å². The Morgan fingerprint density at radius 1 is 1.03 bits per heavy atom. The number of anilines is 1. The number of nitrogens with zero attached hydrogens (tertiary/aromatic N) is 5. The van der Waals surface area contributed by atoms with Crippen LogP contribution in [0.5, 0.6) is 0 Å². The van der Waals surface area contributed by atoms with Gasteiger partial charge in [0.15, 0.2) is 17.1 Å². The molecule has 2 aromatic carbocycles. The fourth-order valence-corrected chi connectivity index (χ4v) is 4.06. The van der Waals surface area contributed by atoms with Crippen molar-refractivity contribution in [3.8, 4) is 22.8 Å². The molecule has 0 fully saturated rings. The van der Waals surface area contributed by atoms with Crippen LogP contribution >= 0.6 is 11.6 Å². The molecule has 0 aliphatic rings. The Morgan fingerprint density at radius 2 is 1.92 bits per heavy atom. The first-order valence-electron chi connectivity index (χ1n) is 10.8. The van der Waals surface area contributed by atoms with Crippen LogP contribution < -0.4 is 10.9 Å². The standard InChI is InChI=1S/C25H16ClN7O3/c26-15-5-3-6-16(11-15)32-21(22-9-4-10-36-22)12-19(31-32)25(35)30-18-7-1-2-8-20(18)33-23-17(13-29-33)24(34)28-14-27-23/h1-14H,(H,30,35)(H,27,28,34). The van der Waals surface area contributed by atoms with E-state index in [1.807, 2.05) is 6.07 Å². The molecule has 0 saturated carbocycles. The van der Waals surface area contributed by atoms with Crippen LogP contribution in [0.4, 0.5) is 5.69 Å². The molecule has 0 radical (unpaired) electrons. The quantitative estimate of drug-likeness (QED) is 0.362. The number of rotatable bonds is 5. The second-order valence-electron chi connectivity index (χ2n) is 7.78. The number of carbonyl (C=O) groups excluding carboxylic acids is 1. The molecular weight excluding hydrogens is 482 g/mol. The van der Waals surface area contributed by atoms with Gasteiger partial charge in [-0.25, -0.2) is 14.3 Å². The SMILES string of the molecule is O=C(Nc1ccccc1-n1ncc2c(=O)[nH]cnc21)c1cc(-c2ccco2)n(-c2cccc(Cl)c2)n1. The van der Waals surface area contributed by atoms with Crippen LogP contribution in [0.2, 0.25) is 5.02 Å².